The van der Waals surface area contributed by atoms with Gasteiger partial charge in [0.25, 0.3) is 0 Å². The molecular weight excluding hydrogens is 544 g/mol. The highest BCUT2D eigenvalue weighted by Gasteiger charge is 2.26. The van der Waals surface area contributed by atoms with Crippen LogP contribution < -0.4 is 10.1 Å². The molecular formula is C35H42N2O6. The van der Waals surface area contributed by atoms with Crippen LogP contribution in [0.3, 0.4) is 0 Å². The summed E-state index contributed by atoms with van der Waals surface area (Å²) < 4.78 is 23.3. The Bertz CT molecular complexity index is 1380. The topological polar surface area (TPSA) is 96.0 Å². The SMILES string of the molecule is C=CC(c1cccc(CNC(=O)OC(C)(C)C)c1)C(O/C=C\CC)Oc1cc(-c2ccncc2)ccc1CC(=O)OCC. The summed E-state index contributed by atoms with van der Waals surface area (Å²) in [6, 6.07) is 17.3. The van der Waals surface area contributed by atoms with Crippen molar-refractivity contribution in [3.05, 3.63) is 109 Å². The molecule has 0 bridgehead atoms. The van der Waals surface area contributed by atoms with E-state index in [2.05, 4.69) is 16.9 Å². The van der Waals surface area contributed by atoms with Crippen LogP contribution in [0.1, 0.15) is 63.6 Å². The molecule has 8 nitrogen and oxygen atoms in total. The molecule has 3 rings (SSSR count). The van der Waals surface area contributed by atoms with Crippen LogP contribution in [-0.4, -0.2) is 35.5 Å². The summed E-state index contributed by atoms with van der Waals surface area (Å²) in [6.45, 7) is 13.9. The second-order valence-corrected chi connectivity index (χ2v) is 10.8. The number of hydrogen-bond acceptors (Lipinski definition) is 7. The van der Waals surface area contributed by atoms with Crippen molar-refractivity contribution in [2.75, 3.05) is 6.61 Å². The van der Waals surface area contributed by atoms with Crippen molar-refractivity contribution < 1.29 is 28.5 Å². The number of rotatable bonds is 14. The number of pyridine rings is 1. The van der Waals surface area contributed by atoms with Crippen LogP contribution in [0, 0.1) is 0 Å². The molecule has 0 radical (unpaired) electrons. The van der Waals surface area contributed by atoms with Crippen molar-refractivity contribution in [2.45, 2.75) is 71.8 Å². The molecule has 8 heteroatoms. The van der Waals surface area contributed by atoms with Crippen LogP contribution in [0.4, 0.5) is 4.79 Å². The van der Waals surface area contributed by atoms with Gasteiger partial charge < -0.3 is 24.3 Å². The van der Waals surface area contributed by atoms with Gasteiger partial charge in [0, 0.05) is 24.5 Å². The summed E-state index contributed by atoms with van der Waals surface area (Å²) in [5.74, 6) is -0.257. The molecule has 0 aliphatic rings. The van der Waals surface area contributed by atoms with Crippen molar-refractivity contribution in [3.8, 4) is 16.9 Å². The van der Waals surface area contributed by atoms with Crippen LogP contribution in [0.5, 0.6) is 5.75 Å². The van der Waals surface area contributed by atoms with Gasteiger partial charge in [-0.1, -0.05) is 49.4 Å². The number of esters is 1. The van der Waals surface area contributed by atoms with E-state index in [1.54, 1.807) is 31.7 Å². The maximum absolute atomic E-state index is 12.5. The highest BCUT2D eigenvalue weighted by Crippen LogP contribution is 2.33. The van der Waals surface area contributed by atoms with Gasteiger partial charge in [-0.3, -0.25) is 9.78 Å². The smallest absolute Gasteiger partial charge is 0.407 e. The molecule has 0 fully saturated rings. The van der Waals surface area contributed by atoms with E-state index >= 15 is 0 Å². The molecule has 2 unspecified atom stereocenters. The second kappa shape index (κ2) is 16.2. The molecule has 1 aromatic heterocycles. The number of nitrogens with zero attached hydrogens (tertiary/aromatic N) is 1. The van der Waals surface area contributed by atoms with Crippen molar-refractivity contribution >= 4 is 12.1 Å². The number of hydrogen-bond donors (Lipinski definition) is 1. The molecule has 0 aliphatic heterocycles. The van der Waals surface area contributed by atoms with Crippen LogP contribution in [0.15, 0.2) is 92.0 Å². The maximum Gasteiger partial charge on any atom is 0.407 e. The van der Waals surface area contributed by atoms with E-state index in [1.165, 1.54) is 0 Å². The summed E-state index contributed by atoms with van der Waals surface area (Å²) in [7, 11) is 0. The normalized spacial score (nSPS) is 12.7. The van der Waals surface area contributed by atoms with Crippen LogP contribution in [0.25, 0.3) is 11.1 Å². The minimum Gasteiger partial charge on any atom is -0.466 e. The van der Waals surface area contributed by atoms with Gasteiger partial charge >= 0.3 is 12.1 Å². The van der Waals surface area contributed by atoms with Gasteiger partial charge in [0.2, 0.25) is 6.29 Å². The van der Waals surface area contributed by atoms with Crippen molar-refractivity contribution in [1.29, 1.82) is 0 Å². The summed E-state index contributed by atoms with van der Waals surface area (Å²) in [5.41, 5.74) is 3.69. The van der Waals surface area contributed by atoms with Crippen molar-refractivity contribution in [2.24, 2.45) is 0 Å². The highest BCUT2D eigenvalue weighted by molar-refractivity contribution is 5.75. The monoisotopic (exact) mass is 586 g/mol. The van der Waals surface area contributed by atoms with E-state index in [0.717, 1.165) is 28.7 Å². The Balaban J connectivity index is 1.95. The third-order valence-corrected chi connectivity index (χ3v) is 6.23. The Morgan fingerprint density at radius 3 is 2.47 bits per heavy atom. The van der Waals surface area contributed by atoms with Crippen LogP contribution >= 0.6 is 0 Å². The van der Waals surface area contributed by atoms with Gasteiger partial charge in [0.1, 0.15) is 11.4 Å². The highest BCUT2D eigenvalue weighted by atomic mass is 16.7. The van der Waals surface area contributed by atoms with Crippen molar-refractivity contribution in [1.82, 2.24) is 10.3 Å². The zero-order valence-electron chi connectivity index (χ0n) is 25.7. The fourth-order valence-corrected chi connectivity index (χ4v) is 4.24. The van der Waals surface area contributed by atoms with Crippen LogP contribution in [0.2, 0.25) is 0 Å². The lowest BCUT2D eigenvalue weighted by Gasteiger charge is -2.27. The molecule has 3 aromatic rings. The van der Waals surface area contributed by atoms with E-state index in [1.807, 2.05) is 88.4 Å². The van der Waals surface area contributed by atoms with Crippen LogP contribution in [-0.2, 0) is 32.0 Å². The Morgan fingerprint density at radius 1 is 1.02 bits per heavy atom. The number of aromatic nitrogens is 1. The molecule has 0 aliphatic carbocycles. The van der Waals surface area contributed by atoms with E-state index in [0.29, 0.717) is 11.3 Å². The van der Waals surface area contributed by atoms with E-state index < -0.39 is 23.9 Å². The van der Waals surface area contributed by atoms with E-state index in [9.17, 15) is 9.59 Å². The third kappa shape index (κ3) is 10.6. The average molecular weight is 587 g/mol. The fourth-order valence-electron chi connectivity index (χ4n) is 4.24. The number of nitrogens with one attached hydrogen (secondary N) is 1. The second-order valence-electron chi connectivity index (χ2n) is 10.8. The zero-order chi connectivity index (χ0) is 31.2. The van der Waals surface area contributed by atoms with E-state index in [4.69, 9.17) is 18.9 Å². The molecule has 2 aromatic carbocycles. The Labute approximate surface area is 254 Å². The third-order valence-electron chi connectivity index (χ3n) is 6.23. The molecule has 43 heavy (non-hydrogen) atoms. The number of benzene rings is 2. The molecule has 0 saturated carbocycles. The fraction of sp³-hybridized carbons (Fsp3) is 0.343. The first-order valence-electron chi connectivity index (χ1n) is 14.5. The van der Waals surface area contributed by atoms with Gasteiger partial charge in [-0.05, 0) is 80.6 Å². The molecule has 0 spiro atoms. The molecule has 1 amide bonds. The largest absolute Gasteiger partial charge is 0.466 e. The van der Waals surface area contributed by atoms with Gasteiger partial charge in [0.05, 0.1) is 25.2 Å². The standard InChI is InChI=1S/C35H42N2O6/c1-7-10-20-41-33(30(8-2)28-13-11-12-25(21-28)24-37-34(39)43-35(4,5)6)42-31-22-27(26-16-18-36-19-17-26)14-15-29(31)23-32(38)40-9-3/h8,10-22,30,33H,2,7,9,23-24H2,1,3-6H3,(H,37,39)/b20-10-. The number of alkyl carbamates (subject to hydrolysis) is 1. The Morgan fingerprint density at radius 2 is 1.79 bits per heavy atom. The number of allylic oxidation sites excluding steroid dienone is 1. The predicted octanol–water partition coefficient (Wildman–Crippen LogP) is 7.49. The first-order valence-corrected chi connectivity index (χ1v) is 14.5. The molecule has 228 valence electrons. The number of carbonyl (C=O) groups is 2. The molecule has 0 saturated heterocycles. The maximum atomic E-state index is 12.5. The summed E-state index contributed by atoms with van der Waals surface area (Å²) >= 11 is 0. The number of carbonyl (C=O) groups excluding carboxylic acids is 2. The molecule has 1 heterocycles. The Hall–Kier alpha value is -4.59. The quantitative estimate of drug-likeness (QED) is 0.0905. The lowest BCUT2D eigenvalue weighted by atomic mass is 9.96. The minimum atomic E-state index is -0.817. The lowest BCUT2D eigenvalue weighted by Crippen LogP contribution is -2.32. The lowest BCUT2D eigenvalue weighted by molar-refractivity contribution is -0.142. The Kier molecular flexibility index (Phi) is 12.4. The first kappa shape index (κ1) is 32.9. The summed E-state index contributed by atoms with van der Waals surface area (Å²) in [5, 5.41) is 2.80. The summed E-state index contributed by atoms with van der Waals surface area (Å²) in [4.78, 5) is 28.8. The minimum absolute atomic E-state index is 0.0435. The number of amides is 1. The number of ether oxygens (including phenoxy) is 4. The first-order chi connectivity index (χ1) is 20.6. The van der Waals surface area contributed by atoms with Crippen molar-refractivity contribution in [3.63, 3.8) is 0 Å². The molecule has 1 N–H and O–H groups in total. The zero-order valence-corrected chi connectivity index (χ0v) is 25.7. The van der Waals surface area contributed by atoms with Gasteiger partial charge in [-0.25, -0.2) is 4.79 Å². The predicted molar refractivity (Wildman–Crippen MR) is 167 cm³/mol. The van der Waals surface area contributed by atoms with E-state index in [-0.39, 0.29) is 25.5 Å². The van der Waals surface area contributed by atoms with Gasteiger partial charge in [-0.15, -0.1) is 6.58 Å². The van der Waals surface area contributed by atoms with Gasteiger partial charge in [-0.2, -0.15) is 0 Å². The average Bonchev–Trinajstić information content (AvgIpc) is 2.97. The summed E-state index contributed by atoms with van der Waals surface area (Å²) in [6.07, 6.45) is 8.24. The van der Waals surface area contributed by atoms with Gasteiger partial charge in [0.15, 0.2) is 0 Å². The molecule has 2 atom stereocenters.